The smallest absolute Gasteiger partial charge is 0.191 e. The van der Waals surface area contributed by atoms with E-state index in [-0.39, 0.29) is 24.0 Å². The average molecular weight is 516 g/mol. The summed E-state index contributed by atoms with van der Waals surface area (Å²) in [6, 6.07) is 9.58. The molecule has 1 aliphatic heterocycles. The van der Waals surface area contributed by atoms with Crippen molar-refractivity contribution >= 4 is 29.9 Å². The number of nitrogens with one attached hydrogen (secondary N) is 2. The van der Waals surface area contributed by atoms with Crippen molar-refractivity contribution in [2.75, 3.05) is 52.9 Å². The van der Waals surface area contributed by atoms with Crippen LogP contribution in [0.4, 0.5) is 0 Å². The molecular formula is C23H42IN5. The third kappa shape index (κ3) is 9.22. The highest BCUT2D eigenvalue weighted by Gasteiger charge is 2.20. The maximum atomic E-state index is 4.37. The van der Waals surface area contributed by atoms with E-state index in [1.165, 1.54) is 30.8 Å². The van der Waals surface area contributed by atoms with Crippen molar-refractivity contribution in [1.82, 2.24) is 20.4 Å². The summed E-state index contributed by atoms with van der Waals surface area (Å²) in [7, 11) is 1.85. The van der Waals surface area contributed by atoms with Crippen LogP contribution in [0.15, 0.2) is 29.3 Å². The van der Waals surface area contributed by atoms with Crippen LogP contribution in [0.25, 0.3) is 0 Å². The first-order valence-corrected chi connectivity index (χ1v) is 11.0. The van der Waals surface area contributed by atoms with Gasteiger partial charge in [-0.3, -0.25) is 9.89 Å². The fourth-order valence-electron chi connectivity index (χ4n) is 3.68. The summed E-state index contributed by atoms with van der Waals surface area (Å²) >= 11 is 0. The van der Waals surface area contributed by atoms with E-state index in [4.69, 9.17) is 0 Å². The van der Waals surface area contributed by atoms with E-state index >= 15 is 0 Å². The Labute approximate surface area is 195 Å². The molecule has 2 rings (SSSR count). The molecule has 1 aliphatic rings. The fourth-order valence-corrected chi connectivity index (χ4v) is 3.68. The van der Waals surface area contributed by atoms with Gasteiger partial charge in [-0.15, -0.1) is 24.0 Å². The Bertz CT molecular complexity index is 579. The number of guanidine groups is 1. The van der Waals surface area contributed by atoms with Crippen LogP contribution >= 0.6 is 24.0 Å². The van der Waals surface area contributed by atoms with Crippen molar-refractivity contribution in [2.45, 2.75) is 52.5 Å². The molecule has 1 aromatic carbocycles. The van der Waals surface area contributed by atoms with E-state index < -0.39 is 0 Å². The summed E-state index contributed by atoms with van der Waals surface area (Å²) < 4.78 is 0. The van der Waals surface area contributed by atoms with Crippen LogP contribution in [-0.4, -0.2) is 74.7 Å². The van der Waals surface area contributed by atoms with Gasteiger partial charge >= 0.3 is 0 Å². The molecule has 166 valence electrons. The highest BCUT2D eigenvalue weighted by molar-refractivity contribution is 14.0. The first-order valence-electron chi connectivity index (χ1n) is 11.0. The first-order chi connectivity index (χ1) is 13.5. The van der Waals surface area contributed by atoms with Crippen molar-refractivity contribution in [1.29, 1.82) is 0 Å². The molecule has 2 N–H and O–H groups in total. The predicted octanol–water partition coefficient (Wildman–Crippen LogP) is 3.55. The van der Waals surface area contributed by atoms with E-state index in [1.54, 1.807) is 0 Å². The molecule has 1 heterocycles. The van der Waals surface area contributed by atoms with Gasteiger partial charge in [0.1, 0.15) is 0 Å². The van der Waals surface area contributed by atoms with E-state index in [1.807, 2.05) is 7.05 Å². The van der Waals surface area contributed by atoms with E-state index in [2.05, 4.69) is 77.4 Å². The number of piperazine rings is 1. The molecular weight excluding hydrogens is 473 g/mol. The van der Waals surface area contributed by atoms with Crippen LogP contribution in [0.1, 0.15) is 51.2 Å². The molecule has 0 amide bonds. The van der Waals surface area contributed by atoms with Gasteiger partial charge in [-0.05, 0) is 43.4 Å². The number of likely N-dealkylation sites (N-methyl/N-ethyl adjacent to an activating group) is 1. The Hall–Kier alpha value is -0.860. The third-order valence-electron chi connectivity index (χ3n) is 5.85. The van der Waals surface area contributed by atoms with Crippen molar-refractivity contribution in [3.05, 3.63) is 35.4 Å². The Morgan fingerprint density at radius 1 is 1.03 bits per heavy atom. The number of benzene rings is 1. The molecule has 1 saturated heterocycles. The third-order valence-corrected chi connectivity index (χ3v) is 5.85. The van der Waals surface area contributed by atoms with Crippen LogP contribution in [0.2, 0.25) is 0 Å². The van der Waals surface area contributed by atoms with Gasteiger partial charge in [0.05, 0.1) is 0 Å². The van der Waals surface area contributed by atoms with E-state index in [9.17, 15) is 0 Å². The summed E-state index contributed by atoms with van der Waals surface area (Å²) in [4.78, 5) is 9.47. The number of nitrogens with zero attached hydrogens (tertiary/aromatic N) is 3. The molecule has 0 spiro atoms. The minimum atomic E-state index is 0. The molecule has 1 atom stereocenters. The number of aryl methyl sites for hydroxylation is 1. The molecule has 0 saturated carbocycles. The van der Waals surface area contributed by atoms with Gasteiger partial charge in [-0.2, -0.15) is 0 Å². The monoisotopic (exact) mass is 515 g/mol. The van der Waals surface area contributed by atoms with Crippen LogP contribution in [0, 0.1) is 0 Å². The number of aliphatic imine (C=N–C) groups is 1. The lowest BCUT2D eigenvalue weighted by atomic mass is 10.0. The number of hydrogen-bond acceptors (Lipinski definition) is 3. The van der Waals surface area contributed by atoms with Gasteiger partial charge in [0.2, 0.25) is 0 Å². The zero-order chi connectivity index (χ0) is 20.4. The van der Waals surface area contributed by atoms with Crippen LogP contribution in [0.5, 0.6) is 0 Å². The lowest BCUT2D eigenvalue weighted by molar-refractivity contribution is 0.107. The largest absolute Gasteiger partial charge is 0.356 e. The summed E-state index contributed by atoms with van der Waals surface area (Å²) in [6.45, 7) is 16.8. The Kier molecular flexibility index (Phi) is 12.8. The van der Waals surface area contributed by atoms with Crippen molar-refractivity contribution in [3.63, 3.8) is 0 Å². The summed E-state index contributed by atoms with van der Waals surface area (Å²) in [5, 5.41) is 6.95. The molecule has 1 aromatic rings. The maximum Gasteiger partial charge on any atom is 0.191 e. The Morgan fingerprint density at radius 2 is 1.69 bits per heavy atom. The van der Waals surface area contributed by atoms with Gasteiger partial charge in [-0.25, -0.2) is 0 Å². The second kappa shape index (κ2) is 14.2. The maximum absolute atomic E-state index is 4.37. The quantitative estimate of drug-likeness (QED) is 0.229. The van der Waals surface area contributed by atoms with Crippen molar-refractivity contribution < 1.29 is 0 Å². The van der Waals surface area contributed by atoms with Crippen LogP contribution in [-0.2, 0) is 6.42 Å². The molecule has 0 aromatic heterocycles. The van der Waals surface area contributed by atoms with Gasteiger partial charge in [0.15, 0.2) is 5.96 Å². The first kappa shape index (κ1) is 26.2. The highest BCUT2D eigenvalue weighted by atomic mass is 127. The lowest BCUT2D eigenvalue weighted by Gasteiger charge is -2.37. The zero-order valence-electron chi connectivity index (χ0n) is 19.1. The van der Waals surface area contributed by atoms with Crippen LogP contribution in [0.3, 0.4) is 0 Å². The normalized spacial score (nSPS) is 17.1. The van der Waals surface area contributed by atoms with Gasteiger partial charge < -0.3 is 15.5 Å². The molecule has 29 heavy (non-hydrogen) atoms. The topological polar surface area (TPSA) is 42.9 Å². The van der Waals surface area contributed by atoms with Gasteiger partial charge in [0, 0.05) is 52.4 Å². The van der Waals surface area contributed by atoms with Gasteiger partial charge in [0.25, 0.3) is 0 Å². The molecule has 6 heteroatoms. The molecule has 0 radical (unpaired) electrons. The molecule has 1 fully saturated rings. The molecule has 0 aliphatic carbocycles. The molecule has 0 bridgehead atoms. The second-order valence-electron chi connectivity index (χ2n) is 8.20. The zero-order valence-corrected chi connectivity index (χ0v) is 21.4. The van der Waals surface area contributed by atoms with Gasteiger partial charge in [-0.1, -0.05) is 45.0 Å². The Balaban J connectivity index is 0.00000420. The second-order valence-corrected chi connectivity index (χ2v) is 8.20. The minimum absolute atomic E-state index is 0. The SMILES string of the molecule is CCN1CCN(C(C)CNC(=NC)NCCCc2ccc(C(C)C)cc2)CC1.I. The number of hydrogen-bond donors (Lipinski definition) is 2. The highest BCUT2D eigenvalue weighted by Crippen LogP contribution is 2.15. The summed E-state index contributed by atoms with van der Waals surface area (Å²) in [5.41, 5.74) is 2.82. The molecule has 5 nitrogen and oxygen atoms in total. The van der Waals surface area contributed by atoms with Crippen LogP contribution < -0.4 is 10.6 Å². The van der Waals surface area contributed by atoms with Crippen molar-refractivity contribution in [3.8, 4) is 0 Å². The number of halogens is 1. The minimum Gasteiger partial charge on any atom is -0.356 e. The van der Waals surface area contributed by atoms with E-state index in [0.717, 1.165) is 45.0 Å². The molecule has 1 unspecified atom stereocenters. The predicted molar refractivity (Wildman–Crippen MR) is 137 cm³/mol. The standard InChI is InChI=1S/C23H41N5.HI/c1-6-27-14-16-28(17-15-27)20(4)18-26-23(24-5)25-13-7-8-21-9-11-22(12-10-21)19(2)3;/h9-12,19-20H,6-8,13-18H2,1-5H3,(H2,24,25,26);1H. The number of rotatable bonds is 9. The fraction of sp³-hybridized carbons (Fsp3) is 0.696. The lowest BCUT2D eigenvalue weighted by Crippen LogP contribution is -2.53. The average Bonchev–Trinajstić information content (AvgIpc) is 2.73. The van der Waals surface area contributed by atoms with Crippen molar-refractivity contribution in [2.24, 2.45) is 4.99 Å². The summed E-state index contributed by atoms with van der Waals surface area (Å²) in [5.74, 6) is 1.51. The summed E-state index contributed by atoms with van der Waals surface area (Å²) in [6.07, 6.45) is 2.21. The van der Waals surface area contributed by atoms with E-state index in [0.29, 0.717) is 12.0 Å². The Morgan fingerprint density at radius 3 is 2.24 bits per heavy atom.